The Morgan fingerprint density at radius 2 is 1.71 bits per heavy atom. The van der Waals surface area contributed by atoms with E-state index in [2.05, 4.69) is 17.4 Å². The summed E-state index contributed by atoms with van der Waals surface area (Å²) >= 11 is 0. The molecule has 0 saturated heterocycles. The molecule has 0 aliphatic heterocycles. The van der Waals surface area contributed by atoms with Gasteiger partial charge in [-0.05, 0) is 66.5 Å². The minimum absolute atomic E-state index is 0.0361. The average molecular weight is 277 g/mol. The van der Waals surface area contributed by atoms with Gasteiger partial charge in [0.2, 0.25) is 0 Å². The Morgan fingerprint density at radius 3 is 2.52 bits per heavy atom. The van der Waals surface area contributed by atoms with E-state index >= 15 is 0 Å². The second-order valence-corrected chi connectivity index (χ2v) is 6.10. The average Bonchev–Trinajstić information content (AvgIpc) is 3.13. The SMILES string of the molecule is O=C(NC1CCc2cc3c(cc21)CCC3)c1ccccc1. The number of fused-ring (bicyclic) bond motifs is 2. The first-order chi connectivity index (χ1) is 10.3. The maximum Gasteiger partial charge on any atom is 0.251 e. The van der Waals surface area contributed by atoms with Crippen LogP contribution in [0.2, 0.25) is 0 Å². The Labute approximate surface area is 125 Å². The van der Waals surface area contributed by atoms with E-state index in [4.69, 9.17) is 0 Å². The van der Waals surface area contributed by atoms with Gasteiger partial charge in [0.05, 0.1) is 6.04 Å². The van der Waals surface area contributed by atoms with E-state index in [-0.39, 0.29) is 11.9 Å². The molecule has 106 valence electrons. The summed E-state index contributed by atoms with van der Waals surface area (Å²) in [5, 5.41) is 3.20. The van der Waals surface area contributed by atoms with Crippen LogP contribution < -0.4 is 5.32 Å². The lowest BCUT2D eigenvalue weighted by Gasteiger charge is -2.15. The quantitative estimate of drug-likeness (QED) is 0.893. The normalized spacial score (nSPS) is 19.1. The molecule has 0 aromatic heterocycles. The van der Waals surface area contributed by atoms with Crippen LogP contribution >= 0.6 is 0 Å². The molecule has 0 radical (unpaired) electrons. The van der Waals surface area contributed by atoms with Crippen LogP contribution in [0.3, 0.4) is 0 Å². The minimum atomic E-state index is 0.0361. The molecule has 0 spiro atoms. The highest BCUT2D eigenvalue weighted by atomic mass is 16.1. The van der Waals surface area contributed by atoms with Crippen molar-refractivity contribution in [3.63, 3.8) is 0 Å². The predicted molar refractivity (Wildman–Crippen MR) is 83.4 cm³/mol. The molecule has 2 aromatic rings. The zero-order valence-electron chi connectivity index (χ0n) is 12.1. The molecule has 4 rings (SSSR count). The molecule has 2 aliphatic rings. The summed E-state index contributed by atoms with van der Waals surface area (Å²) < 4.78 is 0. The standard InChI is InChI=1S/C19H19NO/c21-19(13-5-2-1-3-6-13)20-18-10-9-16-11-14-7-4-8-15(14)12-17(16)18/h1-3,5-6,11-12,18H,4,7-10H2,(H,20,21). The number of aryl methyl sites for hydroxylation is 3. The highest BCUT2D eigenvalue weighted by Gasteiger charge is 2.26. The third-order valence-electron chi connectivity index (χ3n) is 4.77. The molecule has 21 heavy (non-hydrogen) atoms. The Hall–Kier alpha value is -2.09. The monoisotopic (exact) mass is 277 g/mol. The topological polar surface area (TPSA) is 29.1 Å². The molecule has 1 N–H and O–H groups in total. The van der Waals surface area contributed by atoms with Crippen molar-refractivity contribution >= 4 is 5.91 Å². The van der Waals surface area contributed by atoms with Gasteiger partial charge in [-0.2, -0.15) is 0 Å². The minimum Gasteiger partial charge on any atom is -0.345 e. The fourth-order valence-corrected chi connectivity index (χ4v) is 3.67. The second kappa shape index (κ2) is 5.03. The van der Waals surface area contributed by atoms with Crippen molar-refractivity contribution < 1.29 is 4.79 Å². The van der Waals surface area contributed by atoms with Crippen LogP contribution in [0.4, 0.5) is 0 Å². The number of nitrogens with one attached hydrogen (secondary N) is 1. The van der Waals surface area contributed by atoms with E-state index in [1.54, 1.807) is 0 Å². The van der Waals surface area contributed by atoms with Gasteiger partial charge in [-0.25, -0.2) is 0 Å². The van der Waals surface area contributed by atoms with Crippen molar-refractivity contribution in [2.75, 3.05) is 0 Å². The van der Waals surface area contributed by atoms with Crippen molar-refractivity contribution in [2.24, 2.45) is 0 Å². The van der Waals surface area contributed by atoms with Crippen LogP contribution in [0.15, 0.2) is 42.5 Å². The molecule has 0 saturated carbocycles. The molecule has 0 heterocycles. The van der Waals surface area contributed by atoms with Gasteiger partial charge in [0, 0.05) is 5.56 Å². The highest BCUT2D eigenvalue weighted by Crippen LogP contribution is 2.36. The first-order valence-corrected chi connectivity index (χ1v) is 7.82. The summed E-state index contributed by atoms with van der Waals surface area (Å²) in [6.45, 7) is 0. The van der Waals surface area contributed by atoms with Crippen LogP contribution in [0.5, 0.6) is 0 Å². The Bertz CT molecular complexity index is 690. The van der Waals surface area contributed by atoms with Gasteiger partial charge < -0.3 is 5.32 Å². The summed E-state index contributed by atoms with van der Waals surface area (Å²) in [6.07, 6.45) is 5.81. The predicted octanol–water partition coefficient (Wildman–Crippen LogP) is 3.59. The number of hydrogen-bond donors (Lipinski definition) is 1. The van der Waals surface area contributed by atoms with Gasteiger partial charge in [-0.15, -0.1) is 0 Å². The van der Waals surface area contributed by atoms with Gasteiger partial charge in [-0.1, -0.05) is 30.3 Å². The maximum atomic E-state index is 12.3. The van der Waals surface area contributed by atoms with Gasteiger partial charge in [0.25, 0.3) is 5.91 Å². The second-order valence-electron chi connectivity index (χ2n) is 6.10. The molecule has 2 nitrogen and oxygen atoms in total. The Kier molecular flexibility index (Phi) is 3.03. The van der Waals surface area contributed by atoms with E-state index in [0.29, 0.717) is 0 Å². The number of hydrogen-bond acceptors (Lipinski definition) is 1. The fraction of sp³-hybridized carbons (Fsp3) is 0.316. The van der Waals surface area contributed by atoms with E-state index in [9.17, 15) is 4.79 Å². The summed E-state index contributed by atoms with van der Waals surface area (Å²) in [5.74, 6) is 0.0361. The van der Waals surface area contributed by atoms with Crippen LogP contribution in [-0.4, -0.2) is 5.91 Å². The van der Waals surface area contributed by atoms with Gasteiger partial charge in [-0.3, -0.25) is 4.79 Å². The van der Waals surface area contributed by atoms with Crippen LogP contribution in [0.1, 0.15) is 51.5 Å². The summed E-state index contributed by atoms with van der Waals surface area (Å²) in [4.78, 5) is 12.3. The van der Waals surface area contributed by atoms with E-state index in [1.165, 1.54) is 41.5 Å². The maximum absolute atomic E-state index is 12.3. The first kappa shape index (κ1) is 12.6. The number of benzene rings is 2. The number of rotatable bonds is 2. The van der Waals surface area contributed by atoms with Crippen LogP contribution in [0.25, 0.3) is 0 Å². The lowest BCUT2D eigenvalue weighted by Crippen LogP contribution is -2.27. The van der Waals surface area contributed by atoms with Crippen molar-refractivity contribution in [2.45, 2.75) is 38.1 Å². The van der Waals surface area contributed by atoms with Crippen LogP contribution in [-0.2, 0) is 19.3 Å². The number of carbonyl (C=O) groups is 1. The van der Waals surface area contributed by atoms with Crippen molar-refractivity contribution in [3.8, 4) is 0 Å². The van der Waals surface area contributed by atoms with Gasteiger partial charge in [0.15, 0.2) is 0 Å². The molecule has 1 unspecified atom stereocenters. The molecular weight excluding hydrogens is 258 g/mol. The van der Waals surface area contributed by atoms with Gasteiger partial charge in [0.1, 0.15) is 0 Å². The largest absolute Gasteiger partial charge is 0.345 e. The van der Waals surface area contributed by atoms with Crippen molar-refractivity contribution in [3.05, 3.63) is 70.3 Å². The lowest BCUT2D eigenvalue weighted by molar-refractivity contribution is 0.0936. The van der Waals surface area contributed by atoms with Crippen LogP contribution in [0, 0.1) is 0 Å². The Balaban J connectivity index is 1.58. The molecule has 0 bridgehead atoms. The van der Waals surface area contributed by atoms with Crippen molar-refractivity contribution in [1.82, 2.24) is 5.32 Å². The highest BCUT2D eigenvalue weighted by molar-refractivity contribution is 5.94. The van der Waals surface area contributed by atoms with Gasteiger partial charge >= 0.3 is 0 Å². The van der Waals surface area contributed by atoms with Crippen molar-refractivity contribution in [1.29, 1.82) is 0 Å². The molecular formula is C19H19NO. The number of amides is 1. The molecule has 2 heteroatoms. The van der Waals surface area contributed by atoms with E-state index < -0.39 is 0 Å². The third kappa shape index (κ3) is 2.25. The van der Waals surface area contributed by atoms with E-state index in [1.807, 2.05) is 30.3 Å². The molecule has 2 aliphatic carbocycles. The lowest BCUT2D eigenvalue weighted by atomic mass is 10.0. The van der Waals surface area contributed by atoms with E-state index in [0.717, 1.165) is 18.4 Å². The summed E-state index contributed by atoms with van der Waals surface area (Å²) in [6, 6.07) is 14.4. The zero-order valence-corrected chi connectivity index (χ0v) is 12.1. The number of carbonyl (C=O) groups excluding carboxylic acids is 1. The Morgan fingerprint density at radius 1 is 0.952 bits per heavy atom. The molecule has 0 fully saturated rings. The summed E-state index contributed by atoms with van der Waals surface area (Å²) in [5.41, 5.74) is 6.56. The smallest absolute Gasteiger partial charge is 0.251 e. The molecule has 2 aromatic carbocycles. The third-order valence-corrected chi connectivity index (χ3v) is 4.77. The first-order valence-electron chi connectivity index (χ1n) is 7.82. The zero-order chi connectivity index (χ0) is 14.2. The molecule has 1 atom stereocenters. The molecule has 1 amide bonds. The summed E-state index contributed by atoms with van der Waals surface area (Å²) in [7, 11) is 0. The fourth-order valence-electron chi connectivity index (χ4n) is 3.67.